The number of aromatic nitrogens is 1. The van der Waals surface area contributed by atoms with Crippen LogP contribution in [0, 0.1) is 0 Å². The molecule has 0 spiro atoms. The Hall–Kier alpha value is -1.82. The molecule has 6 heteroatoms. The maximum absolute atomic E-state index is 11.0. The molecular formula is C12H20N4O2. The second-order valence-electron chi connectivity index (χ2n) is 3.83. The molecule has 0 aliphatic heterocycles. The van der Waals surface area contributed by atoms with Crippen LogP contribution in [0.15, 0.2) is 12.1 Å². The fraction of sp³-hybridized carbons (Fsp3) is 0.500. The number of carbonyl (C=O) groups excluding carboxylic acids is 1. The monoisotopic (exact) mass is 252 g/mol. The van der Waals surface area contributed by atoms with Crippen molar-refractivity contribution in [3.05, 3.63) is 17.8 Å². The van der Waals surface area contributed by atoms with Crippen molar-refractivity contribution in [1.29, 1.82) is 0 Å². The second-order valence-corrected chi connectivity index (χ2v) is 3.83. The Morgan fingerprint density at radius 1 is 1.39 bits per heavy atom. The summed E-state index contributed by atoms with van der Waals surface area (Å²) in [5.74, 6) is -0.331. The molecule has 0 aliphatic carbocycles. The fourth-order valence-electron chi connectivity index (χ4n) is 1.52. The molecule has 1 aromatic rings. The fourth-order valence-corrected chi connectivity index (χ4v) is 1.52. The van der Waals surface area contributed by atoms with Crippen molar-refractivity contribution < 1.29 is 9.53 Å². The van der Waals surface area contributed by atoms with Crippen molar-refractivity contribution in [1.82, 2.24) is 9.88 Å². The van der Waals surface area contributed by atoms with Crippen LogP contribution in [0.3, 0.4) is 0 Å². The average molecular weight is 252 g/mol. The first-order valence-electron chi connectivity index (χ1n) is 6.00. The van der Waals surface area contributed by atoms with E-state index in [9.17, 15) is 4.79 Å². The topological polar surface area (TPSA) is 94.5 Å². The number of pyridine rings is 1. The van der Waals surface area contributed by atoms with Crippen molar-refractivity contribution in [3.8, 4) is 5.88 Å². The van der Waals surface area contributed by atoms with E-state index in [0.717, 1.165) is 19.6 Å². The Labute approximate surface area is 107 Å². The number of hydrogen-bond acceptors (Lipinski definition) is 5. The van der Waals surface area contributed by atoms with Crippen molar-refractivity contribution in [3.63, 3.8) is 0 Å². The Morgan fingerprint density at radius 3 is 2.61 bits per heavy atom. The molecule has 4 N–H and O–H groups in total. The zero-order chi connectivity index (χ0) is 13.5. The number of amides is 1. The first kappa shape index (κ1) is 14.2. The molecule has 0 bridgehead atoms. The van der Waals surface area contributed by atoms with Crippen molar-refractivity contribution in [2.75, 3.05) is 32.0 Å². The molecule has 1 heterocycles. The van der Waals surface area contributed by atoms with Gasteiger partial charge in [0.15, 0.2) is 0 Å². The van der Waals surface area contributed by atoms with Gasteiger partial charge in [-0.25, -0.2) is 4.98 Å². The minimum atomic E-state index is -0.594. The van der Waals surface area contributed by atoms with E-state index in [2.05, 4.69) is 23.7 Å². The largest absolute Gasteiger partial charge is 0.475 e. The third kappa shape index (κ3) is 3.89. The van der Waals surface area contributed by atoms with Crippen LogP contribution >= 0.6 is 0 Å². The molecule has 0 unspecified atom stereocenters. The average Bonchev–Trinajstić information content (AvgIpc) is 2.36. The lowest BCUT2D eigenvalue weighted by Crippen LogP contribution is -2.28. The van der Waals surface area contributed by atoms with Gasteiger partial charge in [0.2, 0.25) is 5.88 Å². The van der Waals surface area contributed by atoms with Gasteiger partial charge in [-0.15, -0.1) is 0 Å². The van der Waals surface area contributed by atoms with Gasteiger partial charge < -0.3 is 21.1 Å². The molecule has 0 radical (unpaired) electrons. The lowest BCUT2D eigenvalue weighted by Gasteiger charge is -2.18. The molecule has 6 nitrogen and oxygen atoms in total. The second kappa shape index (κ2) is 6.80. The molecule has 0 saturated carbocycles. The highest BCUT2D eigenvalue weighted by Crippen LogP contribution is 2.18. The molecule has 100 valence electrons. The zero-order valence-corrected chi connectivity index (χ0v) is 10.8. The van der Waals surface area contributed by atoms with E-state index in [-0.39, 0.29) is 11.6 Å². The number of anilines is 1. The number of hydrogen-bond donors (Lipinski definition) is 2. The molecule has 18 heavy (non-hydrogen) atoms. The van der Waals surface area contributed by atoms with Gasteiger partial charge in [0, 0.05) is 6.54 Å². The number of nitrogens with two attached hydrogens (primary N) is 2. The molecule has 1 rings (SSSR count). The Bertz CT molecular complexity index is 405. The summed E-state index contributed by atoms with van der Waals surface area (Å²) in [6, 6.07) is 3.05. The number of nitrogens with zero attached hydrogens (tertiary/aromatic N) is 2. The van der Waals surface area contributed by atoms with E-state index in [1.807, 2.05) is 0 Å². The number of likely N-dealkylation sites (N-methyl/N-ethyl adjacent to an activating group) is 1. The summed E-state index contributed by atoms with van der Waals surface area (Å²) in [6.45, 7) is 7.36. The maximum atomic E-state index is 11.0. The SMILES string of the molecule is CCN(CC)CCOc1nc(C(N)=O)ccc1N. The highest BCUT2D eigenvalue weighted by molar-refractivity contribution is 5.91. The first-order chi connectivity index (χ1) is 8.58. The van der Waals surface area contributed by atoms with Crippen LogP contribution in [0.1, 0.15) is 24.3 Å². The van der Waals surface area contributed by atoms with Crippen LogP contribution < -0.4 is 16.2 Å². The number of carbonyl (C=O) groups is 1. The third-order valence-corrected chi connectivity index (χ3v) is 2.68. The molecule has 0 aliphatic rings. The number of ether oxygens (including phenoxy) is 1. The number of rotatable bonds is 7. The Kier molecular flexibility index (Phi) is 5.38. The molecule has 0 atom stereocenters. The normalized spacial score (nSPS) is 10.6. The molecule has 0 fully saturated rings. The molecule has 1 amide bonds. The van der Waals surface area contributed by atoms with Gasteiger partial charge in [0.05, 0.1) is 5.69 Å². The minimum Gasteiger partial charge on any atom is -0.475 e. The standard InChI is InChI=1S/C12H20N4O2/c1-3-16(4-2)7-8-18-12-9(13)5-6-10(15-12)11(14)17/h5-6H,3-4,7-8,13H2,1-2H3,(H2,14,17). The van der Waals surface area contributed by atoms with Crippen LogP contribution in [0.2, 0.25) is 0 Å². The van der Waals surface area contributed by atoms with Crippen molar-refractivity contribution >= 4 is 11.6 Å². The summed E-state index contributed by atoms with van der Waals surface area (Å²) in [6.07, 6.45) is 0. The highest BCUT2D eigenvalue weighted by Gasteiger charge is 2.08. The lowest BCUT2D eigenvalue weighted by molar-refractivity contribution is 0.0994. The van der Waals surface area contributed by atoms with Crippen LogP contribution in [-0.2, 0) is 0 Å². The smallest absolute Gasteiger partial charge is 0.267 e. The summed E-state index contributed by atoms with van der Waals surface area (Å²) in [5, 5.41) is 0. The summed E-state index contributed by atoms with van der Waals surface area (Å²) < 4.78 is 5.48. The third-order valence-electron chi connectivity index (χ3n) is 2.68. The van der Waals surface area contributed by atoms with Gasteiger partial charge in [-0.3, -0.25) is 4.79 Å². The van der Waals surface area contributed by atoms with Crippen LogP contribution in [-0.4, -0.2) is 42.0 Å². The molecule has 1 aromatic heterocycles. The van der Waals surface area contributed by atoms with Crippen LogP contribution in [0.25, 0.3) is 0 Å². The lowest BCUT2D eigenvalue weighted by atomic mass is 10.3. The van der Waals surface area contributed by atoms with Gasteiger partial charge in [-0.2, -0.15) is 0 Å². The van der Waals surface area contributed by atoms with E-state index >= 15 is 0 Å². The van der Waals surface area contributed by atoms with E-state index in [4.69, 9.17) is 16.2 Å². The Morgan fingerprint density at radius 2 is 2.06 bits per heavy atom. The van der Waals surface area contributed by atoms with Crippen molar-refractivity contribution in [2.45, 2.75) is 13.8 Å². The molecule has 0 saturated heterocycles. The highest BCUT2D eigenvalue weighted by atomic mass is 16.5. The minimum absolute atomic E-state index is 0.155. The van der Waals surface area contributed by atoms with Crippen LogP contribution in [0.5, 0.6) is 5.88 Å². The quantitative estimate of drug-likeness (QED) is 0.736. The van der Waals surface area contributed by atoms with Gasteiger partial charge in [0.1, 0.15) is 12.3 Å². The Balaban J connectivity index is 2.61. The summed E-state index contributed by atoms with van der Waals surface area (Å²) in [7, 11) is 0. The van der Waals surface area contributed by atoms with Gasteiger partial charge in [-0.1, -0.05) is 13.8 Å². The van der Waals surface area contributed by atoms with E-state index in [1.54, 1.807) is 6.07 Å². The number of nitrogen functional groups attached to an aromatic ring is 1. The summed E-state index contributed by atoms with van der Waals surface area (Å²) >= 11 is 0. The predicted molar refractivity (Wildman–Crippen MR) is 70.5 cm³/mol. The van der Waals surface area contributed by atoms with E-state index in [1.165, 1.54) is 6.07 Å². The van der Waals surface area contributed by atoms with Crippen LogP contribution in [0.4, 0.5) is 5.69 Å². The number of primary amides is 1. The molecule has 0 aromatic carbocycles. The van der Waals surface area contributed by atoms with Gasteiger partial charge in [-0.05, 0) is 25.2 Å². The predicted octanol–water partition coefficient (Wildman–Crippen LogP) is 0.483. The van der Waals surface area contributed by atoms with E-state index < -0.39 is 5.91 Å². The molecular weight excluding hydrogens is 232 g/mol. The first-order valence-corrected chi connectivity index (χ1v) is 6.00. The van der Waals surface area contributed by atoms with Gasteiger partial charge in [0.25, 0.3) is 5.91 Å². The maximum Gasteiger partial charge on any atom is 0.267 e. The summed E-state index contributed by atoms with van der Waals surface area (Å²) in [4.78, 5) is 17.2. The summed E-state index contributed by atoms with van der Waals surface area (Å²) in [5.41, 5.74) is 11.4. The van der Waals surface area contributed by atoms with E-state index in [0.29, 0.717) is 12.3 Å². The van der Waals surface area contributed by atoms with Gasteiger partial charge >= 0.3 is 0 Å². The van der Waals surface area contributed by atoms with Crippen molar-refractivity contribution in [2.24, 2.45) is 5.73 Å². The zero-order valence-electron chi connectivity index (χ0n) is 10.8.